The number of carbonyl (C=O) groups excluding carboxylic acids is 2. The van der Waals surface area contributed by atoms with E-state index in [4.69, 9.17) is 4.74 Å². The van der Waals surface area contributed by atoms with Crippen LogP contribution in [0.4, 0.5) is 0 Å². The number of ether oxygens (including phenoxy) is 1. The number of aliphatic hydroxyl groups excluding tert-OH is 1. The highest BCUT2D eigenvalue weighted by molar-refractivity contribution is 5.95. The molecule has 0 spiro atoms. The van der Waals surface area contributed by atoms with Crippen molar-refractivity contribution in [2.24, 2.45) is 34.5 Å². The molecule has 4 heteroatoms. The second-order valence-electron chi connectivity index (χ2n) is 10.3. The summed E-state index contributed by atoms with van der Waals surface area (Å²) in [7, 11) is 0. The molecule has 0 amide bonds. The van der Waals surface area contributed by atoms with Crippen LogP contribution in [-0.2, 0) is 14.3 Å². The zero-order valence-corrected chi connectivity index (χ0v) is 16.7. The standard InChI is InChI=1S/C22H34O4/c1-12(2)26-18-11-21(3)13(9-16(18)23)5-6-14-15-7-8-19(25)22(15,4)10-17(24)20(14)21/h12-16,18,20,23H,5-11H2,1-4H3/t13-,14-,15-,16-,18-,20+,21-,22-/m0/s1. The summed E-state index contributed by atoms with van der Waals surface area (Å²) < 4.78 is 6.04. The fourth-order valence-electron chi connectivity index (χ4n) is 7.34. The van der Waals surface area contributed by atoms with Gasteiger partial charge in [-0.1, -0.05) is 13.8 Å². The van der Waals surface area contributed by atoms with Gasteiger partial charge in [-0.2, -0.15) is 0 Å². The molecule has 8 atom stereocenters. The first-order chi connectivity index (χ1) is 12.2. The molecular formula is C22H34O4. The number of rotatable bonds is 2. The van der Waals surface area contributed by atoms with Gasteiger partial charge in [0.1, 0.15) is 11.6 Å². The van der Waals surface area contributed by atoms with Crippen LogP contribution in [0.3, 0.4) is 0 Å². The largest absolute Gasteiger partial charge is 0.390 e. The van der Waals surface area contributed by atoms with Crippen molar-refractivity contribution >= 4 is 11.6 Å². The molecule has 4 saturated carbocycles. The van der Waals surface area contributed by atoms with Crippen molar-refractivity contribution in [3.05, 3.63) is 0 Å². The van der Waals surface area contributed by atoms with E-state index >= 15 is 0 Å². The maximum absolute atomic E-state index is 13.3. The highest BCUT2D eigenvalue weighted by Gasteiger charge is 2.64. The molecule has 0 saturated heterocycles. The molecule has 0 bridgehead atoms. The Kier molecular flexibility index (Phi) is 4.39. The van der Waals surface area contributed by atoms with Crippen LogP contribution in [0.25, 0.3) is 0 Å². The SMILES string of the molecule is CC(C)O[C@H]1C[C@@]2(C)[C@@H](CC[C@@H]3[C@@H]2C(=O)C[C@]2(C)C(=O)CC[C@@H]32)C[C@@H]1O. The third-order valence-corrected chi connectivity index (χ3v) is 8.51. The van der Waals surface area contributed by atoms with Crippen LogP contribution < -0.4 is 0 Å². The quantitative estimate of drug-likeness (QED) is 0.816. The number of fused-ring (bicyclic) bond motifs is 5. The molecular weight excluding hydrogens is 328 g/mol. The lowest BCUT2D eigenvalue weighted by molar-refractivity contribution is -0.183. The van der Waals surface area contributed by atoms with Crippen molar-refractivity contribution in [1.29, 1.82) is 0 Å². The number of Topliss-reactive ketones (excluding diaryl/α,β-unsaturated/α-hetero) is 2. The summed E-state index contributed by atoms with van der Waals surface area (Å²) in [4.78, 5) is 25.9. The van der Waals surface area contributed by atoms with Gasteiger partial charge >= 0.3 is 0 Å². The van der Waals surface area contributed by atoms with Gasteiger partial charge in [0.2, 0.25) is 0 Å². The van der Waals surface area contributed by atoms with Gasteiger partial charge in [-0.15, -0.1) is 0 Å². The Hall–Kier alpha value is -0.740. The van der Waals surface area contributed by atoms with E-state index in [0.29, 0.717) is 42.2 Å². The molecule has 0 aliphatic heterocycles. The molecule has 146 valence electrons. The molecule has 0 radical (unpaired) electrons. The molecule has 26 heavy (non-hydrogen) atoms. The molecule has 0 aromatic heterocycles. The Balaban J connectivity index is 1.66. The molecule has 0 unspecified atom stereocenters. The lowest BCUT2D eigenvalue weighted by Gasteiger charge is -2.60. The smallest absolute Gasteiger partial charge is 0.139 e. The number of ketones is 2. The van der Waals surface area contributed by atoms with E-state index in [1.165, 1.54) is 0 Å². The molecule has 4 aliphatic carbocycles. The molecule has 0 aromatic rings. The molecule has 0 heterocycles. The third kappa shape index (κ3) is 2.55. The molecule has 1 N–H and O–H groups in total. The van der Waals surface area contributed by atoms with Crippen LogP contribution in [0.15, 0.2) is 0 Å². The zero-order valence-electron chi connectivity index (χ0n) is 16.7. The number of hydrogen-bond donors (Lipinski definition) is 1. The van der Waals surface area contributed by atoms with Crippen molar-refractivity contribution in [2.75, 3.05) is 0 Å². The summed E-state index contributed by atoms with van der Waals surface area (Å²) in [6.45, 7) is 8.33. The summed E-state index contributed by atoms with van der Waals surface area (Å²) in [6, 6.07) is 0. The molecule has 4 fully saturated rings. The Morgan fingerprint density at radius 2 is 1.88 bits per heavy atom. The van der Waals surface area contributed by atoms with Gasteiger partial charge in [0.25, 0.3) is 0 Å². The fourth-order valence-corrected chi connectivity index (χ4v) is 7.34. The average molecular weight is 363 g/mol. The van der Waals surface area contributed by atoms with E-state index in [9.17, 15) is 14.7 Å². The minimum absolute atomic E-state index is 0.0380. The van der Waals surface area contributed by atoms with Crippen molar-refractivity contribution in [1.82, 2.24) is 0 Å². The highest BCUT2D eigenvalue weighted by atomic mass is 16.5. The summed E-state index contributed by atoms with van der Waals surface area (Å²) in [5.41, 5.74) is -0.519. The number of aliphatic hydroxyl groups is 1. The van der Waals surface area contributed by atoms with Crippen LogP contribution in [0.2, 0.25) is 0 Å². The maximum Gasteiger partial charge on any atom is 0.139 e. The van der Waals surface area contributed by atoms with E-state index in [1.54, 1.807) is 0 Å². The van der Waals surface area contributed by atoms with Gasteiger partial charge in [-0.05, 0) is 69.1 Å². The van der Waals surface area contributed by atoms with Gasteiger partial charge in [-0.3, -0.25) is 9.59 Å². The van der Waals surface area contributed by atoms with Gasteiger partial charge < -0.3 is 9.84 Å². The Morgan fingerprint density at radius 1 is 1.15 bits per heavy atom. The Morgan fingerprint density at radius 3 is 2.58 bits per heavy atom. The summed E-state index contributed by atoms with van der Waals surface area (Å²) in [5, 5.41) is 10.6. The number of hydrogen-bond acceptors (Lipinski definition) is 4. The van der Waals surface area contributed by atoms with Gasteiger partial charge in [-0.25, -0.2) is 0 Å². The third-order valence-electron chi connectivity index (χ3n) is 8.51. The summed E-state index contributed by atoms with van der Waals surface area (Å²) >= 11 is 0. The minimum atomic E-state index is -0.427. The Labute approximate surface area is 157 Å². The van der Waals surface area contributed by atoms with Crippen molar-refractivity contribution in [3.63, 3.8) is 0 Å². The zero-order chi connectivity index (χ0) is 18.9. The van der Waals surface area contributed by atoms with Crippen molar-refractivity contribution in [2.45, 2.75) is 91.0 Å². The van der Waals surface area contributed by atoms with Gasteiger partial charge in [0, 0.05) is 24.2 Å². The van der Waals surface area contributed by atoms with Crippen LogP contribution in [0, 0.1) is 34.5 Å². The van der Waals surface area contributed by atoms with Gasteiger partial charge in [0.05, 0.1) is 18.3 Å². The molecule has 0 aromatic carbocycles. The second kappa shape index (κ2) is 6.13. The van der Waals surface area contributed by atoms with E-state index in [1.807, 2.05) is 20.8 Å². The van der Waals surface area contributed by atoms with Crippen molar-refractivity contribution in [3.8, 4) is 0 Å². The van der Waals surface area contributed by atoms with Crippen LogP contribution in [0.1, 0.15) is 72.6 Å². The Bertz CT molecular complexity index is 613. The average Bonchev–Trinajstić information content (AvgIpc) is 2.83. The van der Waals surface area contributed by atoms with Gasteiger partial charge in [0.15, 0.2) is 0 Å². The molecule has 4 rings (SSSR count). The minimum Gasteiger partial charge on any atom is -0.390 e. The number of carbonyl (C=O) groups is 2. The first-order valence-electron chi connectivity index (χ1n) is 10.6. The normalized spacial score (nSPS) is 51.2. The van der Waals surface area contributed by atoms with Crippen LogP contribution in [-0.4, -0.2) is 35.0 Å². The van der Waals surface area contributed by atoms with E-state index < -0.39 is 11.5 Å². The summed E-state index contributed by atoms with van der Waals surface area (Å²) in [5.74, 6) is 1.74. The topological polar surface area (TPSA) is 63.6 Å². The van der Waals surface area contributed by atoms with Crippen molar-refractivity contribution < 1.29 is 19.4 Å². The van der Waals surface area contributed by atoms with E-state index in [2.05, 4.69) is 6.92 Å². The first-order valence-corrected chi connectivity index (χ1v) is 10.6. The highest BCUT2D eigenvalue weighted by Crippen LogP contribution is 2.64. The second-order valence-corrected chi connectivity index (χ2v) is 10.3. The molecule has 4 aliphatic rings. The van der Waals surface area contributed by atoms with Crippen LogP contribution >= 0.6 is 0 Å². The fraction of sp³-hybridized carbons (Fsp3) is 0.909. The molecule has 4 nitrogen and oxygen atoms in total. The predicted octanol–water partition coefficient (Wildman–Crippen LogP) is 3.54. The summed E-state index contributed by atoms with van der Waals surface area (Å²) in [6.07, 6.45) is 5.11. The predicted molar refractivity (Wildman–Crippen MR) is 98.5 cm³/mol. The lowest BCUT2D eigenvalue weighted by atomic mass is 9.44. The van der Waals surface area contributed by atoms with E-state index in [-0.39, 0.29) is 23.5 Å². The maximum atomic E-state index is 13.3. The lowest BCUT2D eigenvalue weighted by Crippen LogP contribution is -2.60. The monoisotopic (exact) mass is 362 g/mol. The van der Waals surface area contributed by atoms with E-state index in [0.717, 1.165) is 32.1 Å². The first kappa shape index (κ1) is 18.6. The van der Waals surface area contributed by atoms with Crippen LogP contribution in [0.5, 0.6) is 0 Å².